The Hall–Kier alpha value is -3.68. The fraction of sp³-hybridized carbons (Fsp3) is 0.370. The van der Waals surface area contributed by atoms with Gasteiger partial charge in [-0.1, -0.05) is 12.1 Å². The second-order valence-electron chi connectivity index (χ2n) is 9.25. The average molecular weight is 480 g/mol. The molecule has 1 aromatic heterocycles. The zero-order valence-electron chi connectivity index (χ0n) is 20.3. The second-order valence-corrected chi connectivity index (χ2v) is 9.25. The van der Waals surface area contributed by atoms with E-state index in [9.17, 15) is 23.9 Å². The number of hydrogen-bond acceptors (Lipinski definition) is 4. The second kappa shape index (κ2) is 9.90. The summed E-state index contributed by atoms with van der Waals surface area (Å²) >= 11 is 0. The van der Waals surface area contributed by atoms with Crippen molar-refractivity contribution in [3.63, 3.8) is 0 Å². The molecule has 3 aromatic rings. The minimum Gasteiger partial charge on any atom is -0.507 e. The summed E-state index contributed by atoms with van der Waals surface area (Å²) in [6.07, 6.45) is 4.00. The normalized spacial score (nSPS) is 14.3. The van der Waals surface area contributed by atoms with E-state index in [2.05, 4.69) is 0 Å². The lowest BCUT2D eigenvalue weighted by atomic mass is 9.90. The van der Waals surface area contributed by atoms with Gasteiger partial charge in [0, 0.05) is 51.4 Å². The number of carbonyl (C=O) groups excluding carboxylic acids is 3. The van der Waals surface area contributed by atoms with Crippen LogP contribution in [-0.4, -0.2) is 63.8 Å². The molecule has 184 valence electrons. The maximum absolute atomic E-state index is 13.3. The van der Waals surface area contributed by atoms with E-state index in [4.69, 9.17) is 0 Å². The first-order valence-corrected chi connectivity index (χ1v) is 11.8. The van der Waals surface area contributed by atoms with Crippen molar-refractivity contribution in [3.8, 4) is 5.75 Å². The molecule has 0 atom stereocenters. The molecule has 0 bridgehead atoms. The van der Waals surface area contributed by atoms with Crippen molar-refractivity contribution in [3.05, 3.63) is 65.1 Å². The Morgan fingerprint density at radius 1 is 1.09 bits per heavy atom. The van der Waals surface area contributed by atoms with Gasteiger partial charge >= 0.3 is 0 Å². The smallest absolute Gasteiger partial charge is 0.294 e. The first-order chi connectivity index (χ1) is 16.7. The van der Waals surface area contributed by atoms with Crippen LogP contribution >= 0.6 is 0 Å². The van der Waals surface area contributed by atoms with Crippen LogP contribution in [-0.2, 0) is 18.3 Å². The van der Waals surface area contributed by atoms with Gasteiger partial charge in [0.2, 0.25) is 0 Å². The molecule has 7 nitrogen and oxygen atoms in total. The van der Waals surface area contributed by atoms with Gasteiger partial charge in [0.05, 0.1) is 16.6 Å². The predicted molar refractivity (Wildman–Crippen MR) is 131 cm³/mol. The number of Topliss-reactive ketones (excluding diaryl/α,β-unsaturated/α-hetero) is 1. The van der Waals surface area contributed by atoms with Crippen molar-refractivity contribution in [1.29, 1.82) is 0 Å². The zero-order chi connectivity index (χ0) is 25.3. The maximum atomic E-state index is 13.3. The number of aromatic hydroxyl groups is 1. The summed E-state index contributed by atoms with van der Waals surface area (Å²) < 4.78 is 14.8. The Bertz CT molecular complexity index is 1270. The van der Waals surface area contributed by atoms with Crippen molar-refractivity contribution < 1.29 is 23.9 Å². The van der Waals surface area contributed by atoms with Gasteiger partial charge in [-0.3, -0.25) is 14.4 Å². The molecule has 1 N–H and O–H groups in total. The highest BCUT2D eigenvalue weighted by Gasteiger charge is 2.28. The van der Waals surface area contributed by atoms with Crippen LogP contribution in [0.25, 0.3) is 10.9 Å². The quantitative estimate of drug-likeness (QED) is 0.431. The number of halogens is 1. The molecule has 2 aromatic carbocycles. The Balaban J connectivity index is 1.53. The van der Waals surface area contributed by atoms with Gasteiger partial charge in [-0.2, -0.15) is 0 Å². The third-order valence-corrected chi connectivity index (χ3v) is 6.94. The number of nitrogens with zero attached hydrogens (tertiary/aromatic N) is 3. The van der Waals surface area contributed by atoms with Crippen LogP contribution in [0.5, 0.6) is 5.75 Å². The van der Waals surface area contributed by atoms with E-state index >= 15 is 0 Å². The number of hydrogen-bond donors (Lipinski definition) is 1. The minimum atomic E-state index is -0.648. The van der Waals surface area contributed by atoms with Gasteiger partial charge in [0.15, 0.2) is 0 Å². The highest BCUT2D eigenvalue weighted by molar-refractivity contribution is 6.44. The number of aromatic nitrogens is 1. The van der Waals surface area contributed by atoms with E-state index in [0.717, 1.165) is 24.8 Å². The summed E-state index contributed by atoms with van der Waals surface area (Å²) in [4.78, 5) is 41.7. The van der Waals surface area contributed by atoms with Crippen molar-refractivity contribution in [2.45, 2.75) is 26.2 Å². The molecule has 0 aliphatic carbocycles. The van der Waals surface area contributed by atoms with Crippen molar-refractivity contribution in [2.75, 3.05) is 26.7 Å². The van der Waals surface area contributed by atoms with Crippen molar-refractivity contribution in [1.82, 2.24) is 14.4 Å². The molecule has 0 unspecified atom stereocenters. The number of amides is 2. The summed E-state index contributed by atoms with van der Waals surface area (Å²) in [6, 6.07) is 9.50. The predicted octanol–water partition coefficient (Wildman–Crippen LogP) is 3.78. The lowest BCUT2D eigenvalue weighted by molar-refractivity contribution is -0.125. The Morgan fingerprint density at radius 3 is 2.37 bits per heavy atom. The molecule has 1 aliphatic rings. The Kier molecular flexibility index (Phi) is 6.91. The first kappa shape index (κ1) is 24.4. The maximum Gasteiger partial charge on any atom is 0.294 e. The third kappa shape index (κ3) is 4.92. The molecule has 2 amide bonds. The monoisotopic (exact) mass is 479 g/mol. The summed E-state index contributed by atoms with van der Waals surface area (Å²) in [5.41, 5.74) is 1.96. The van der Waals surface area contributed by atoms with Gasteiger partial charge in [-0.05, 0) is 55.9 Å². The zero-order valence-corrected chi connectivity index (χ0v) is 20.3. The molecular weight excluding hydrogens is 449 g/mol. The lowest BCUT2D eigenvalue weighted by Crippen LogP contribution is -2.39. The molecule has 0 saturated carbocycles. The average Bonchev–Trinajstić information content (AvgIpc) is 3.18. The van der Waals surface area contributed by atoms with Gasteiger partial charge in [0.25, 0.3) is 17.6 Å². The summed E-state index contributed by atoms with van der Waals surface area (Å²) in [5.74, 6) is -1.59. The minimum absolute atomic E-state index is 0.117. The summed E-state index contributed by atoms with van der Waals surface area (Å²) in [7, 11) is 3.28. The number of fused-ring (bicyclic) bond motifs is 1. The van der Waals surface area contributed by atoms with Crippen LogP contribution in [0.2, 0.25) is 0 Å². The van der Waals surface area contributed by atoms with E-state index in [-0.39, 0.29) is 28.6 Å². The standard InChI is InChI=1S/C27H30FN3O4/c1-4-29(2)27(35)25(33)22-16-30(3)23-15-24(32)21(14-20(22)23)26(34)31-11-9-18(10-12-31)13-17-5-7-19(28)8-6-17/h5-8,14-16,18,32H,4,9-13H2,1-3H3. The van der Waals surface area contributed by atoms with E-state index in [1.165, 1.54) is 29.2 Å². The number of piperidine rings is 1. The van der Waals surface area contributed by atoms with Crippen molar-refractivity contribution in [2.24, 2.45) is 13.0 Å². The number of phenolic OH excluding ortho intramolecular Hbond substituents is 1. The van der Waals surface area contributed by atoms with Crippen LogP contribution in [0.4, 0.5) is 4.39 Å². The summed E-state index contributed by atoms with van der Waals surface area (Å²) in [6.45, 7) is 3.27. The SMILES string of the molecule is CCN(C)C(=O)C(=O)c1cn(C)c2cc(O)c(C(=O)N3CCC(Cc4ccc(F)cc4)CC3)cc12. The number of aryl methyl sites for hydroxylation is 1. The van der Waals surface area contributed by atoms with E-state index in [1.807, 2.05) is 0 Å². The van der Waals surface area contributed by atoms with Gasteiger partial charge < -0.3 is 19.5 Å². The number of ketones is 1. The molecule has 4 rings (SSSR count). The lowest BCUT2D eigenvalue weighted by Gasteiger charge is -2.32. The molecule has 0 spiro atoms. The van der Waals surface area contributed by atoms with Crippen LogP contribution < -0.4 is 0 Å². The number of likely N-dealkylation sites (N-methyl/N-ethyl adjacent to an activating group) is 1. The molecule has 0 radical (unpaired) electrons. The third-order valence-electron chi connectivity index (χ3n) is 6.94. The Morgan fingerprint density at radius 2 is 1.74 bits per heavy atom. The fourth-order valence-electron chi connectivity index (χ4n) is 4.67. The molecule has 8 heteroatoms. The van der Waals surface area contributed by atoms with Crippen LogP contribution in [0, 0.1) is 11.7 Å². The van der Waals surface area contributed by atoms with Crippen LogP contribution in [0.3, 0.4) is 0 Å². The molecule has 1 fully saturated rings. The van der Waals surface area contributed by atoms with E-state index in [1.54, 1.807) is 48.8 Å². The van der Waals surface area contributed by atoms with E-state index < -0.39 is 11.7 Å². The number of rotatable bonds is 6. The largest absolute Gasteiger partial charge is 0.507 e. The summed E-state index contributed by atoms with van der Waals surface area (Å²) in [5, 5.41) is 11.1. The highest BCUT2D eigenvalue weighted by Crippen LogP contribution is 2.31. The van der Waals surface area contributed by atoms with Crippen molar-refractivity contribution >= 4 is 28.5 Å². The number of benzene rings is 2. The molecule has 35 heavy (non-hydrogen) atoms. The Labute approximate surface area is 203 Å². The van der Waals surface area contributed by atoms with Crippen LogP contribution in [0.1, 0.15) is 46.0 Å². The van der Waals surface area contributed by atoms with Crippen LogP contribution in [0.15, 0.2) is 42.6 Å². The topological polar surface area (TPSA) is 82.9 Å². The fourth-order valence-corrected chi connectivity index (χ4v) is 4.67. The molecule has 1 saturated heterocycles. The van der Waals surface area contributed by atoms with E-state index in [0.29, 0.717) is 36.5 Å². The number of likely N-dealkylation sites (tertiary alicyclic amines) is 1. The van der Waals surface area contributed by atoms with Gasteiger partial charge in [-0.25, -0.2) is 4.39 Å². The van der Waals surface area contributed by atoms with Gasteiger partial charge in [0.1, 0.15) is 11.6 Å². The first-order valence-electron chi connectivity index (χ1n) is 11.8. The highest BCUT2D eigenvalue weighted by atomic mass is 19.1. The molecule has 1 aliphatic heterocycles. The number of carbonyl (C=O) groups is 3. The number of phenols is 1. The molecule has 2 heterocycles. The molecular formula is C27H30FN3O4. The van der Waals surface area contributed by atoms with Gasteiger partial charge in [-0.15, -0.1) is 0 Å².